The number of rotatable bonds is 4. The first-order chi connectivity index (χ1) is 15.4. The van der Waals surface area contributed by atoms with Gasteiger partial charge in [-0.25, -0.2) is 9.78 Å². The van der Waals surface area contributed by atoms with Gasteiger partial charge < -0.3 is 16.0 Å². The van der Waals surface area contributed by atoms with Crippen molar-refractivity contribution in [2.75, 3.05) is 0 Å². The first-order valence-electron chi connectivity index (χ1n) is 10.1. The zero-order valence-electron chi connectivity index (χ0n) is 17.0. The van der Waals surface area contributed by atoms with Crippen LogP contribution in [-0.4, -0.2) is 45.2 Å². The summed E-state index contributed by atoms with van der Waals surface area (Å²) in [4.78, 5) is 55.2. The molecule has 0 bridgehead atoms. The van der Waals surface area contributed by atoms with Crippen molar-refractivity contribution in [1.29, 1.82) is 0 Å². The Hall–Kier alpha value is -3.73. The highest BCUT2D eigenvalue weighted by Gasteiger charge is 2.38. The number of nitrogens with zero attached hydrogens (tertiary/aromatic N) is 2. The summed E-state index contributed by atoms with van der Waals surface area (Å²) in [6.45, 7) is 1.95. The highest BCUT2D eigenvalue weighted by atomic mass is 32.1. The Kier molecular flexibility index (Phi) is 4.89. The Morgan fingerprint density at radius 3 is 2.81 bits per heavy atom. The van der Waals surface area contributed by atoms with Crippen molar-refractivity contribution in [3.8, 4) is 0 Å². The molecule has 1 fully saturated rings. The second-order valence-electron chi connectivity index (χ2n) is 7.89. The number of nitrogens with one attached hydrogen (secondary N) is 4. The van der Waals surface area contributed by atoms with Crippen LogP contribution in [0.15, 0.2) is 36.7 Å². The maximum Gasteiger partial charge on any atom is 0.322 e. The molecule has 0 spiro atoms. The van der Waals surface area contributed by atoms with Gasteiger partial charge in [-0.15, -0.1) is 11.3 Å². The van der Waals surface area contributed by atoms with Crippen LogP contribution in [0.25, 0.3) is 4.96 Å². The zero-order valence-corrected chi connectivity index (χ0v) is 17.9. The molecular formula is C21H20N6O4S. The van der Waals surface area contributed by atoms with E-state index in [1.54, 1.807) is 4.40 Å². The Balaban J connectivity index is 1.37. The Bertz CT molecular complexity index is 1250. The minimum Gasteiger partial charge on any atom is -0.345 e. The summed E-state index contributed by atoms with van der Waals surface area (Å²) in [5.41, 5.74) is 2.32. The maximum atomic E-state index is 13.1. The third kappa shape index (κ3) is 3.60. The quantitative estimate of drug-likeness (QED) is 0.465. The minimum atomic E-state index is -0.969. The van der Waals surface area contributed by atoms with Crippen LogP contribution in [0.5, 0.6) is 0 Å². The van der Waals surface area contributed by atoms with Crippen LogP contribution in [0.1, 0.15) is 39.0 Å². The second kappa shape index (κ2) is 7.75. The van der Waals surface area contributed by atoms with Crippen LogP contribution in [0.3, 0.4) is 0 Å². The van der Waals surface area contributed by atoms with Crippen LogP contribution in [0.4, 0.5) is 4.79 Å². The van der Waals surface area contributed by atoms with E-state index in [0.717, 1.165) is 21.0 Å². The molecule has 0 radical (unpaired) electrons. The van der Waals surface area contributed by atoms with E-state index in [1.807, 2.05) is 37.4 Å². The average molecular weight is 452 g/mol. The lowest BCUT2D eigenvalue weighted by molar-refractivity contribution is -0.129. The normalized spacial score (nSPS) is 22.2. The van der Waals surface area contributed by atoms with E-state index in [-0.39, 0.29) is 12.3 Å². The van der Waals surface area contributed by atoms with E-state index < -0.39 is 36.0 Å². The van der Waals surface area contributed by atoms with E-state index >= 15 is 0 Å². The predicted molar refractivity (Wildman–Crippen MR) is 115 cm³/mol. The van der Waals surface area contributed by atoms with Gasteiger partial charge in [0.2, 0.25) is 11.8 Å². The molecular weight excluding hydrogens is 432 g/mol. The van der Waals surface area contributed by atoms with Crippen molar-refractivity contribution in [3.63, 3.8) is 0 Å². The fourth-order valence-electron chi connectivity index (χ4n) is 4.23. The summed E-state index contributed by atoms with van der Waals surface area (Å²) < 4.78 is 1.75. The van der Waals surface area contributed by atoms with E-state index in [2.05, 4.69) is 26.3 Å². The van der Waals surface area contributed by atoms with Gasteiger partial charge in [-0.2, -0.15) is 0 Å². The van der Waals surface area contributed by atoms with Crippen LogP contribution in [0.2, 0.25) is 0 Å². The SMILES string of the molecule is Cc1cn2c(C(=O)N[C@@H]3Cc4ccccc4[C@H]3NC(=O)[C@@H]3CC(=O)NC(=O)N3)cnc2s1. The van der Waals surface area contributed by atoms with Crippen molar-refractivity contribution in [1.82, 2.24) is 30.7 Å². The number of benzene rings is 1. The summed E-state index contributed by atoms with van der Waals surface area (Å²) in [5, 5.41) is 10.5. The second-order valence-corrected chi connectivity index (χ2v) is 9.10. The zero-order chi connectivity index (χ0) is 22.4. The number of fused-ring (bicyclic) bond motifs is 2. The van der Waals surface area contributed by atoms with Gasteiger partial charge in [0.25, 0.3) is 5.91 Å². The summed E-state index contributed by atoms with van der Waals surface area (Å²) in [5.74, 6) is -1.28. The molecule has 32 heavy (non-hydrogen) atoms. The minimum absolute atomic E-state index is 0.145. The van der Waals surface area contributed by atoms with E-state index in [9.17, 15) is 19.2 Å². The number of amides is 5. The Morgan fingerprint density at radius 2 is 2.00 bits per heavy atom. The first kappa shape index (κ1) is 20.2. The summed E-state index contributed by atoms with van der Waals surface area (Å²) in [6.07, 6.45) is 3.79. The van der Waals surface area contributed by atoms with Gasteiger partial charge in [0.15, 0.2) is 4.96 Å². The van der Waals surface area contributed by atoms with E-state index in [0.29, 0.717) is 12.1 Å². The van der Waals surface area contributed by atoms with Crippen molar-refractivity contribution in [2.45, 2.75) is 37.9 Å². The Morgan fingerprint density at radius 1 is 1.19 bits per heavy atom. The fourth-order valence-corrected chi connectivity index (χ4v) is 5.04. The standard InChI is InChI=1S/C21H20N6O4S/c1-10-9-27-15(8-22-21(27)32-10)19(30)23-13-6-11-4-2-3-5-12(11)17(13)26-18(29)14-7-16(28)25-20(31)24-14/h2-5,8-9,13-14,17H,6-7H2,1H3,(H,23,30)(H,26,29)(H2,24,25,28,31)/t13-,14+,17-/m1/s1. The first-order valence-corrected chi connectivity index (χ1v) is 10.9. The number of carbonyl (C=O) groups is 4. The van der Waals surface area contributed by atoms with Gasteiger partial charge >= 0.3 is 6.03 Å². The summed E-state index contributed by atoms with van der Waals surface area (Å²) in [7, 11) is 0. The topological polar surface area (TPSA) is 134 Å². The molecule has 1 aliphatic carbocycles. The van der Waals surface area contributed by atoms with Gasteiger partial charge in [-0.1, -0.05) is 24.3 Å². The molecule has 5 rings (SSSR count). The number of carbonyl (C=O) groups excluding carboxylic acids is 4. The number of imidazole rings is 1. The van der Waals surface area contributed by atoms with Gasteiger partial charge in [0, 0.05) is 11.1 Å². The molecule has 10 nitrogen and oxygen atoms in total. The molecule has 4 N–H and O–H groups in total. The lowest BCUT2D eigenvalue weighted by Gasteiger charge is -2.27. The third-order valence-corrected chi connectivity index (χ3v) is 6.58. The van der Waals surface area contributed by atoms with Gasteiger partial charge in [0.05, 0.1) is 24.7 Å². The third-order valence-electron chi connectivity index (χ3n) is 5.67. The van der Waals surface area contributed by atoms with Gasteiger partial charge in [-0.3, -0.25) is 24.1 Å². The fraction of sp³-hybridized carbons (Fsp3) is 0.286. The molecule has 2 aliphatic rings. The van der Waals surface area contributed by atoms with Crippen LogP contribution in [0, 0.1) is 6.92 Å². The summed E-state index contributed by atoms with van der Waals surface area (Å²) in [6, 6.07) is 5.06. The Labute approximate surface area is 186 Å². The maximum absolute atomic E-state index is 13.1. The van der Waals surface area contributed by atoms with Crippen LogP contribution >= 0.6 is 11.3 Å². The van der Waals surface area contributed by atoms with Gasteiger partial charge in [0.1, 0.15) is 11.7 Å². The van der Waals surface area contributed by atoms with Gasteiger partial charge in [-0.05, 0) is 24.5 Å². The van der Waals surface area contributed by atoms with E-state index in [1.165, 1.54) is 17.5 Å². The van der Waals surface area contributed by atoms with Crippen molar-refractivity contribution >= 4 is 40.1 Å². The molecule has 1 aliphatic heterocycles. The number of hydrogen-bond donors (Lipinski definition) is 4. The van der Waals surface area contributed by atoms with E-state index in [4.69, 9.17) is 0 Å². The molecule has 0 saturated carbocycles. The smallest absolute Gasteiger partial charge is 0.322 e. The number of imide groups is 1. The largest absolute Gasteiger partial charge is 0.345 e. The molecule has 1 saturated heterocycles. The highest BCUT2D eigenvalue weighted by molar-refractivity contribution is 7.17. The lowest BCUT2D eigenvalue weighted by Crippen LogP contribution is -2.58. The van der Waals surface area contributed by atoms with Crippen molar-refractivity contribution in [2.24, 2.45) is 0 Å². The number of hydrogen-bond acceptors (Lipinski definition) is 6. The highest BCUT2D eigenvalue weighted by Crippen LogP contribution is 2.32. The molecule has 1 aromatic carbocycles. The molecule has 164 valence electrons. The average Bonchev–Trinajstić information content (AvgIpc) is 3.39. The molecule has 5 amide bonds. The number of aromatic nitrogens is 2. The molecule has 3 atom stereocenters. The molecule has 2 aromatic heterocycles. The van der Waals surface area contributed by atoms with Crippen LogP contribution in [-0.2, 0) is 16.0 Å². The number of urea groups is 1. The number of thiazole rings is 1. The number of aryl methyl sites for hydroxylation is 1. The molecule has 3 heterocycles. The molecule has 3 aromatic rings. The molecule has 0 unspecified atom stereocenters. The summed E-state index contributed by atoms with van der Waals surface area (Å²) >= 11 is 1.50. The molecule has 11 heteroatoms. The van der Waals surface area contributed by atoms with Crippen molar-refractivity contribution in [3.05, 3.63) is 58.4 Å². The lowest BCUT2D eigenvalue weighted by atomic mass is 10.0. The van der Waals surface area contributed by atoms with Crippen molar-refractivity contribution < 1.29 is 19.2 Å². The predicted octanol–water partition coefficient (Wildman–Crippen LogP) is 0.814. The van der Waals surface area contributed by atoms with Crippen LogP contribution < -0.4 is 21.3 Å². The monoisotopic (exact) mass is 452 g/mol.